The molecule has 1 aromatic carbocycles. The van der Waals surface area contributed by atoms with Crippen LogP contribution in [-0.2, 0) is 11.3 Å². The molecule has 0 bridgehead atoms. The van der Waals surface area contributed by atoms with E-state index in [9.17, 15) is 0 Å². The van der Waals surface area contributed by atoms with Crippen LogP contribution in [0.15, 0.2) is 48.9 Å². The van der Waals surface area contributed by atoms with E-state index in [0.29, 0.717) is 6.10 Å². The van der Waals surface area contributed by atoms with Crippen molar-refractivity contribution in [3.63, 3.8) is 0 Å². The van der Waals surface area contributed by atoms with Crippen molar-refractivity contribution in [1.29, 1.82) is 0 Å². The standard InChI is InChI=1S/C22H27N5O/c1-2-5-19(6-3-1)21-14-24-27-16-18(13-23-22(21)27)15-25-8-10-26(11-9-25)17-20-7-4-12-28-20/h1-3,5-6,13-14,16,20H,4,7-12,15,17H2. The van der Waals surface area contributed by atoms with Crippen LogP contribution < -0.4 is 0 Å². The summed E-state index contributed by atoms with van der Waals surface area (Å²) in [5.41, 5.74) is 4.36. The number of ether oxygens (including phenoxy) is 1. The SMILES string of the molecule is c1ccc(-c2cnn3cc(CN4CCN(CC5CCCO5)CC4)cnc23)cc1. The number of rotatable bonds is 5. The third-order valence-corrected chi connectivity index (χ3v) is 5.85. The Morgan fingerprint density at radius 2 is 1.82 bits per heavy atom. The van der Waals surface area contributed by atoms with E-state index in [1.165, 1.54) is 18.4 Å². The van der Waals surface area contributed by atoms with Crippen LogP contribution in [-0.4, -0.2) is 69.8 Å². The third-order valence-electron chi connectivity index (χ3n) is 5.85. The van der Waals surface area contributed by atoms with Gasteiger partial charge in [-0.3, -0.25) is 9.80 Å². The van der Waals surface area contributed by atoms with Gasteiger partial charge in [0.2, 0.25) is 0 Å². The highest BCUT2D eigenvalue weighted by molar-refractivity contribution is 5.76. The van der Waals surface area contributed by atoms with Gasteiger partial charge in [-0.1, -0.05) is 30.3 Å². The predicted molar refractivity (Wildman–Crippen MR) is 109 cm³/mol. The van der Waals surface area contributed by atoms with Gasteiger partial charge < -0.3 is 4.74 Å². The van der Waals surface area contributed by atoms with E-state index in [-0.39, 0.29) is 0 Å². The topological polar surface area (TPSA) is 45.9 Å². The Kier molecular flexibility index (Phi) is 5.08. The molecular weight excluding hydrogens is 350 g/mol. The first kappa shape index (κ1) is 17.8. The van der Waals surface area contributed by atoms with Gasteiger partial charge in [-0.15, -0.1) is 0 Å². The van der Waals surface area contributed by atoms with Gasteiger partial charge in [-0.25, -0.2) is 9.50 Å². The molecule has 0 saturated carbocycles. The van der Waals surface area contributed by atoms with E-state index >= 15 is 0 Å². The lowest BCUT2D eigenvalue weighted by Crippen LogP contribution is -2.48. The quantitative estimate of drug-likeness (QED) is 0.684. The molecule has 5 rings (SSSR count). The number of piperazine rings is 1. The van der Waals surface area contributed by atoms with Crippen LogP contribution in [0.1, 0.15) is 18.4 Å². The first-order valence-electron chi connectivity index (χ1n) is 10.3. The molecule has 2 aliphatic rings. The number of benzene rings is 1. The van der Waals surface area contributed by atoms with Gasteiger partial charge in [-0.2, -0.15) is 5.10 Å². The van der Waals surface area contributed by atoms with Crippen molar-refractivity contribution in [3.8, 4) is 11.1 Å². The van der Waals surface area contributed by atoms with Crippen LogP contribution in [0.25, 0.3) is 16.8 Å². The van der Waals surface area contributed by atoms with E-state index < -0.39 is 0 Å². The number of fused-ring (bicyclic) bond motifs is 1. The Morgan fingerprint density at radius 1 is 1.00 bits per heavy atom. The monoisotopic (exact) mass is 377 g/mol. The van der Waals surface area contributed by atoms with E-state index in [0.717, 1.165) is 62.6 Å². The molecule has 2 saturated heterocycles. The molecule has 0 aliphatic carbocycles. The second-order valence-corrected chi connectivity index (χ2v) is 7.87. The highest BCUT2D eigenvalue weighted by atomic mass is 16.5. The molecule has 0 radical (unpaired) electrons. The van der Waals surface area contributed by atoms with Crippen molar-refractivity contribution in [2.24, 2.45) is 0 Å². The summed E-state index contributed by atoms with van der Waals surface area (Å²) in [4.78, 5) is 9.77. The first-order valence-corrected chi connectivity index (χ1v) is 10.3. The van der Waals surface area contributed by atoms with E-state index in [1.807, 2.05) is 35.1 Å². The molecule has 2 fully saturated rings. The van der Waals surface area contributed by atoms with E-state index in [4.69, 9.17) is 9.72 Å². The zero-order valence-electron chi connectivity index (χ0n) is 16.2. The van der Waals surface area contributed by atoms with Crippen LogP contribution in [0.3, 0.4) is 0 Å². The van der Waals surface area contributed by atoms with Crippen molar-refractivity contribution < 1.29 is 4.74 Å². The molecule has 0 N–H and O–H groups in total. The first-order chi connectivity index (χ1) is 13.8. The lowest BCUT2D eigenvalue weighted by Gasteiger charge is -2.35. The summed E-state index contributed by atoms with van der Waals surface area (Å²) in [5.74, 6) is 0. The Hall–Kier alpha value is -2.28. The zero-order chi connectivity index (χ0) is 18.8. The number of hydrogen-bond donors (Lipinski definition) is 0. The molecule has 4 heterocycles. The average molecular weight is 377 g/mol. The maximum Gasteiger partial charge on any atom is 0.162 e. The highest BCUT2D eigenvalue weighted by Gasteiger charge is 2.23. The molecular formula is C22H27N5O. The van der Waals surface area contributed by atoms with Crippen LogP contribution in [0.4, 0.5) is 0 Å². The van der Waals surface area contributed by atoms with Gasteiger partial charge >= 0.3 is 0 Å². The predicted octanol–water partition coefficient (Wildman–Crippen LogP) is 2.69. The second-order valence-electron chi connectivity index (χ2n) is 7.87. The van der Waals surface area contributed by atoms with Crippen LogP contribution in [0.5, 0.6) is 0 Å². The van der Waals surface area contributed by atoms with E-state index in [1.54, 1.807) is 0 Å². The fraction of sp³-hybridized carbons (Fsp3) is 0.455. The maximum absolute atomic E-state index is 5.78. The Morgan fingerprint density at radius 3 is 2.61 bits per heavy atom. The highest BCUT2D eigenvalue weighted by Crippen LogP contribution is 2.23. The molecule has 3 aromatic rings. The van der Waals surface area contributed by atoms with Gasteiger partial charge in [0, 0.05) is 69.4 Å². The minimum absolute atomic E-state index is 0.455. The summed E-state index contributed by atoms with van der Waals surface area (Å²) in [6.45, 7) is 7.40. The molecule has 2 aromatic heterocycles. The van der Waals surface area contributed by atoms with Crippen molar-refractivity contribution in [2.75, 3.05) is 39.3 Å². The van der Waals surface area contributed by atoms with Gasteiger partial charge in [0.25, 0.3) is 0 Å². The van der Waals surface area contributed by atoms with Crippen LogP contribution in [0.2, 0.25) is 0 Å². The second kappa shape index (κ2) is 7.99. The summed E-state index contributed by atoms with van der Waals surface area (Å²) in [6, 6.07) is 10.3. The molecule has 2 aliphatic heterocycles. The molecule has 146 valence electrons. The minimum Gasteiger partial charge on any atom is -0.377 e. The molecule has 0 amide bonds. The summed E-state index contributed by atoms with van der Waals surface area (Å²) in [6.07, 6.45) is 8.93. The van der Waals surface area contributed by atoms with Crippen LogP contribution in [0, 0.1) is 0 Å². The van der Waals surface area contributed by atoms with Gasteiger partial charge in [0.15, 0.2) is 5.65 Å². The van der Waals surface area contributed by atoms with Crippen molar-refractivity contribution in [1.82, 2.24) is 24.4 Å². The molecule has 6 nitrogen and oxygen atoms in total. The smallest absolute Gasteiger partial charge is 0.162 e. The number of nitrogens with zero attached hydrogens (tertiary/aromatic N) is 5. The lowest BCUT2D eigenvalue weighted by molar-refractivity contribution is 0.0489. The fourth-order valence-electron chi connectivity index (χ4n) is 4.28. The van der Waals surface area contributed by atoms with Gasteiger partial charge in [0.1, 0.15) is 0 Å². The van der Waals surface area contributed by atoms with Crippen molar-refractivity contribution in [3.05, 3.63) is 54.5 Å². The van der Waals surface area contributed by atoms with Crippen molar-refractivity contribution >= 4 is 5.65 Å². The molecule has 0 spiro atoms. The maximum atomic E-state index is 5.78. The fourth-order valence-corrected chi connectivity index (χ4v) is 4.28. The Bertz CT molecular complexity index is 911. The number of aromatic nitrogens is 3. The summed E-state index contributed by atoms with van der Waals surface area (Å²) in [7, 11) is 0. The molecule has 1 unspecified atom stereocenters. The van der Waals surface area contributed by atoms with Gasteiger partial charge in [-0.05, 0) is 18.4 Å². The normalized spacial score (nSPS) is 21.5. The third kappa shape index (κ3) is 3.81. The average Bonchev–Trinajstić information content (AvgIpc) is 3.40. The molecule has 28 heavy (non-hydrogen) atoms. The minimum atomic E-state index is 0.455. The summed E-state index contributed by atoms with van der Waals surface area (Å²) < 4.78 is 7.69. The molecule has 1 atom stereocenters. The Balaban J connectivity index is 1.21. The van der Waals surface area contributed by atoms with Crippen LogP contribution >= 0.6 is 0 Å². The summed E-state index contributed by atoms with van der Waals surface area (Å²) in [5, 5.41) is 4.53. The number of hydrogen-bond acceptors (Lipinski definition) is 5. The van der Waals surface area contributed by atoms with E-state index in [2.05, 4.69) is 33.2 Å². The Labute approximate surface area is 165 Å². The zero-order valence-corrected chi connectivity index (χ0v) is 16.2. The molecule has 6 heteroatoms. The van der Waals surface area contributed by atoms with Crippen molar-refractivity contribution in [2.45, 2.75) is 25.5 Å². The lowest BCUT2D eigenvalue weighted by atomic mass is 10.1. The van der Waals surface area contributed by atoms with Gasteiger partial charge in [0.05, 0.1) is 12.3 Å². The summed E-state index contributed by atoms with van der Waals surface area (Å²) >= 11 is 0. The largest absolute Gasteiger partial charge is 0.377 e.